The predicted octanol–water partition coefficient (Wildman–Crippen LogP) is 1.02. The molecule has 1 saturated carbocycles. The highest BCUT2D eigenvalue weighted by Crippen LogP contribution is 2.25. The molecule has 1 heterocycles. The number of rotatable bonds is 8. The number of nitrogens with one attached hydrogen (secondary N) is 2. The number of likely N-dealkylation sites (N-methyl/N-ethyl adjacent to an activating group) is 1. The van der Waals surface area contributed by atoms with Crippen LogP contribution in [0.25, 0.3) is 0 Å². The van der Waals surface area contributed by atoms with E-state index in [0.29, 0.717) is 19.5 Å². The quantitative estimate of drug-likeness (QED) is 0.594. The van der Waals surface area contributed by atoms with Crippen molar-refractivity contribution in [3.8, 4) is 0 Å². The Morgan fingerprint density at radius 2 is 1.77 bits per heavy atom. The average molecular weight is 368 g/mol. The maximum absolute atomic E-state index is 12.2. The van der Waals surface area contributed by atoms with E-state index in [1.807, 2.05) is 16.7 Å². The molecule has 1 aliphatic carbocycles. The van der Waals surface area contributed by atoms with Crippen LogP contribution >= 0.6 is 0 Å². The molecule has 0 aromatic rings. The third-order valence-corrected chi connectivity index (χ3v) is 5.29. The zero-order valence-corrected chi connectivity index (χ0v) is 15.7. The van der Waals surface area contributed by atoms with Gasteiger partial charge in [0.2, 0.25) is 5.91 Å². The summed E-state index contributed by atoms with van der Waals surface area (Å²) in [5, 5.41) is 14.5. The van der Waals surface area contributed by atoms with Crippen molar-refractivity contribution in [2.24, 2.45) is 0 Å². The Labute approximate surface area is 155 Å². The monoisotopic (exact) mass is 368 g/mol. The first-order chi connectivity index (χ1) is 12.5. The Morgan fingerprint density at radius 1 is 1.12 bits per heavy atom. The Morgan fingerprint density at radius 3 is 2.35 bits per heavy atom. The summed E-state index contributed by atoms with van der Waals surface area (Å²) in [5.74, 6) is -0.710. The van der Waals surface area contributed by atoms with Gasteiger partial charge in [-0.1, -0.05) is 19.8 Å². The molecule has 0 atom stereocenters. The van der Waals surface area contributed by atoms with E-state index < -0.39 is 5.97 Å². The first-order valence-corrected chi connectivity index (χ1v) is 9.77. The highest BCUT2D eigenvalue weighted by molar-refractivity contribution is 5.78. The van der Waals surface area contributed by atoms with Gasteiger partial charge in [-0.3, -0.25) is 14.5 Å². The van der Waals surface area contributed by atoms with Crippen molar-refractivity contribution < 1.29 is 19.5 Å². The third kappa shape index (κ3) is 6.48. The van der Waals surface area contributed by atoms with Gasteiger partial charge < -0.3 is 20.6 Å². The van der Waals surface area contributed by atoms with E-state index >= 15 is 0 Å². The van der Waals surface area contributed by atoms with Gasteiger partial charge in [-0.25, -0.2) is 4.79 Å². The van der Waals surface area contributed by atoms with Gasteiger partial charge in [0.05, 0.1) is 6.54 Å². The smallest absolute Gasteiger partial charge is 0.317 e. The summed E-state index contributed by atoms with van der Waals surface area (Å²) in [6.45, 7) is 4.68. The predicted molar refractivity (Wildman–Crippen MR) is 97.9 cm³/mol. The van der Waals surface area contributed by atoms with E-state index in [4.69, 9.17) is 5.11 Å². The van der Waals surface area contributed by atoms with Crippen LogP contribution < -0.4 is 10.6 Å². The van der Waals surface area contributed by atoms with Crippen molar-refractivity contribution in [2.75, 3.05) is 32.7 Å². The number of urea groups is 1. The first kappa shape index (κ1) is 20.5. The fourth-order valence-electron chi connectivity index (χ4n) is 3.67. The lowest BCUT2D eigenvalue weighted by Gasteiger charge is -2.42. The molecule has 26 heavy (non-hydrogen) atoms. The molecule has 0 radical (unpaired) electrons. The molecule has 148 valence electrons. The van der Waals surface area contributed by atoms with Gasteiger partial charge in [-0.05, 0) is 32.2 Å². The third-order valence-electron chi connectivity index (χ3n) is 5.29. The molecular weight excluding hydrogens is 336 g/mol. The lowest BCUT2D eigenvalue weighted by Crippen LogP contribution is -2.56. The second-order valence-electron chi connectivity index (χ2n) is 7.22. The van der Waals surface area contributed by atoms with Gasteiger partial charge >= 0.3 is 12.0 Å². The first-order valence-electron chi connectivity index (χ1n) is 9.77. The summed E-state index contributed by atoms with van der Waals surface area (Å²) in [6, 6.07) is 0.0357. The minimum Gasteiger partial charge on any atom is -0.480 e. The van der Waals surface area contributed by atoms with Crippen molar-refractivity contribution in [3.63, 3.8) is 0 Å². The summed E-state index contributed by atoms with van der Waals surface area (Å²) in [4.78, 5) is 38.7. The van der Waals surface area contributed by atoms with Crippen LogP contribution in [0.1, 0.15) is 51.9 Å². The van der Waals surface area contributed by atoms with Crippen molar-refractivity contribution in [1.29, 1.82) is 0 Å². The van der Waals surface area contributed by atoms with Crippen LogP contribution in [0.15, 0.2) is 0 Å². The number of hydrogen-bond acceptors (Lipinski definition) is 4. The second-order valence-corrected chi connectivity index (χ2v) is 7.22. The van der Waals surface area contributed by atoms with Crippen LogP contribution in [0.4, 0.5) is 4.79 Å². The van der Waals surface area contributed by atoms with Gasteiger partial charge in [0.1, 0.15) is 0 Å². The fourth-order valence-corrected chi connectivity index (χ4v) is 3.67. The van der Waals surface area contributed by atoms with Crippen LogP contribution in [0.3, 0.4) is 0 Å². The number of amides is 3. The SMILES string of the molecule is CCN(CC(=O)O)C1CC(NC(=O)NCCC(=O)N2CCCCCC2)C1. The number of carboxylic acids is 1. The summed E-state index contributed by atoms with van der Waals surface area (Å²) in [6.07, 6.45) is 6.38. The molecule has 1 saturated heterocycles. The van der Waals surface area contributed by atoms with Crippen molar-refractivity contribution in [2.45, 2.75) is 64.0 Å². The van der Waals surface area contributed by atoms with Crippen LogP contribution in [0.5, 0.6) is 0 Å². The zero-order valence-electron chi connectivity index (χ0n) is 15.7. The minimum atomic E-state index is -0.824. The molecule has 0 spiro atoms. The summed E-state index contributed by atoms with van der Waals surface area (Å²) < 4.78 is 0. The molecule has 2 fully saturated rings. The van der Waals surface area contributed by atoms with E-state index in [2.05, 4.69) is 10.6 Å². The molecule has 8 nitrogen and oxygen atoms in total. The lowest BCUT2D eigenvalue weighted by atomic mass is 9.85. The number of hydrogen-bond donors (Lipinski definition) is 3. The highest BCUT2D eigenvalue weighted by atomic mass is 16.4. The summed E-state index contributed by atoms with van der Waals surface area (Å²) in [7, 11) is 0. The van der Waals surface area contributed by atoms with Gasteiger partial charge in [0.25, 0.3) is 0 Å². The maximum atomic E-state index is 12.2. The molecule has 0 aromatic carbocycles. The van der Waals surface area contributed by atoms with Crippen LogP contribution in [0, 0.1) is 0 Å². The van der Waals surface area contributed by atoms with E-state index in [-0.39, 0.29) is 30.6 Å². The second kappa shape index (κ2) is 10.4. The van der Waals surface area contributed by atoms with Gasteiger partial charge in [0, 0.05) is 38.1 Å². The number of aliphatic carboxylic acids is 1. The van der Waals surface area contributed by atoms with Crippen LogP contribution in [0.2, 0.25) is 0 Å². The number of carbonyl (C=O) groups excluding carboxylic acids is 2. The molecule has 2 aliphatic rings. The molecule has 0 aromatic heterocycles. The zero-order chi connectivity index (χ0) is 18.9. The normalized spacial score (nSPS) is 23.1. The minimum absolute atomic E-state index is 0.0404. The molecule has 0 unspecified atom stereocenters. The van der Waals surface area contributed by atoms with Gasteiger partial charge in [-0.15, -0.1) is 0 Å². The molecule has 3 amide bonds. The Kier molecular flexibility index (Phi) is 8.15. The summed E-state index contributed by atoms with van der Waals surface area (Å²) in [5.41, 5.74) is 0. The average Bonchev–Trinajstić information content (AvgIpc) is 2.85. The molecule has 2 rings (SSSR count). The van der Waals surface area contributed by atoms with E-state index in [9.17, 15) is 14.4 Å². The summed E-state index contributed by atoms with van der Waals surface area (Å²) >= 11 is 0. The van der Waals surface area contributed by atoms with E-state index in [0.717, 1.165) is 38.8 Å². The van der Waals surface area contributed by atoms with Crippen LogP contribution in [-0.4, -0.2) is 77.6 Å². The number of carboxylic acid groups (broad SMARTS) is 1. The van der Waals surface area contributed by atoms with Gasteiger partial charge in [-0.2, -0.15) is 0 Å². The topological polar surface area (TPSA) is 102 Å². The van der Waals surface area contributed by atoms with Crippen molar-refractivity contribution >= 4 is 17.9 Å². The molecule has 8 heteroatoms. The number of carbonyl (C=O) groups is 3. The largest absolute Gasteiger partial charge is 0.480 e. The number of nitrogens with zero attached hydrogens (tertiary/aromatic N) is 2. The molecular formula is C18H32N4O4. The Hall–Kier alpha value is -1.83. The Bertz CT molecular complexity index is 486. The van der Waals surface area contributed by atoms with Gasteiger partial charge in [0.15, 0.2) is 0 Å². The molecule has 0 bridgehead atoms. The fraction of sp³-hybridized carbons (Fsp3) is 0.833. The maximum Gasteiger partial charge on any atom is 0.317 e. The highest BCUT2D eigenvalue weighted by Gasteiger charge is 2.34. The van der Waals surface area contributed by atoms with E-state index in [1.54, 1.807) is 0 Å². The van der Waals surface area contributed by atoms with E-state index in [1.165, 1.54) is 12.8 Å². The Balaban J connectivity index is 1.58. The molecule has 1 aliphatic heterocycles. The van der Waals surface area contributed by atoms with Crippen molar-refractivity contribution in [3.05, 3.63) is 0 Å². The van der Waals surface area contributed by atoms with Crippen molar-refractivity contribution in [1.82, 2.24) is 20.4 Å². The number of likely N-dealkylation sites (tertiary alicyclic amines) is 1. The standard InChI is InChI=1S/C18H32N4O4/c1-2-21(13-17(24)25)15-11-14(12-15)20-18(26)19-8-7-16(23)22-9-5-3-4-6-10-22/h14-15H,2-13H2,1H3,(H,24,25)(H2,19,20,26). The lowest BCUT2D eigenvalue weighted by molar-refractivity contribution is -0.139. The molecule has 3 N–H and O–H groups in total. The van der Waals surface area contributed by atoms with Crippen LogP contribution in [-0.2, 0) is 9.59 Å².